The molecule has 1 atom stereocenters. The number of rotatable bonds is 7. The molecule has 0 fully saturated rings. The predicted octanol–water partition coefficient (Wildman–Crippen LogP) is 6.58. The van der Waals surface area contributed by atoms with Crippen LogP contribution in [0.5, 0.6) is 0 Å². The Labute approximate surface area is 140 Å². The summed E-state index contributed by atoms with van der Waals surface area (Å²) in [5.74, 6) is 1.38. The Hall–Kier alpha value is -0.563. The molecule has 1 aromatic rings. The lowest BCUT2D eigenvalue weighted by Crippen LogP contribution is -2.45. The van der Waals surface area contributed by atoms with Gasteiger partial charge in [-0.25, -0.2) is 0 Å². The Bertz CT molecular complexity index is 424. The Balaban J connectivity index is 3.08. The van der Waals surface area contributed by atoms with E-state index in [1.807, 2.05) is 0 Å². The third-order valence-electron chi connectivity index (χ3n) is 5.62. The lowest BCUT2D eigenvalue weighted by atomic mass is 9.76. The first-order chi connectivity index (χ1) is 10.2. The van der Waals surface area contributed by atoms with Crippen LogP contribution in [-0.4, -0.2) is 8.07 Å². The van der Waals surface area contributed by atoms with Crippen LogP contribution in [0.4, 0.5) is 0 Å². The molecule has 126 valence electrons. The van der Waals surface area contributed by atoms with Gasteiger partial charge in [-0.05, 0) is 29.2 Å². The van der Waals surface area contributed by atoms with E-state index in [9.17, 15) is 0 Å². The van der Waals surface area contributed by atoms with Gasteiger partial charge in [-0.2, -0.15) is 0 Å². The van der Waals surface area contributed by atoms with E-state index in [2.05, 4.69) is 79.7 Å². The average Bonchev–Trinajstić information content (AvgIpc) is 2.47. The van der Waals surface area contributed by atoms with Gasteiger partial charge in [0.05, 0.1) is 8.07 Å². The van der Waals surface area contributed by atoms with Crippen LogP contribution < -0.4 is 5.19 Å². The smallest absolute Gasteiger partial charge is 0.0675 e. The minimum Gasteiger partial charge on any atom is -0.0675 e. The number of benzene rings is 1. The normalized spacial score (nSPS) is 14.4. The molecule has 0 saturated carbocycles. The highest BCUT2D eigenvalue weighted by molar-refractivity contribution is 6.91. The Morgan fingerprint density at radius 3 is 1.64 bits per heavy atom. The standard InChI is InChI=1S/C21H38Si/c1-9-22(10-2,11-3)19-14-12-18(13-15-19)20(17(4)5)16-21(6,7)8/h12-15,17,20H,9-11,16H2,1-8H3. The second-order valence-electron chi connectivity index (χ2n) is 8.58. The fraction of sp³-hybridized carbons (Fsp3) is 0.714. The maximum atomic E-state index is 2.47. The zero-order chi connectivity index (χ0) is 17.0. The third-order valence-corrected chi connectivity index (χ3v) is 11.2. The van der Waals surface area contributed by atoms with Gasteiger partial charge < -0.3 is 0 Å². The van der Waals surface area contributed by atoms with E-state index in [1.54, 1.807) is 10.8 Å². The molecular formula is C21H38Si. The first-order valence-corrected chi connectivity index (χ1v) is 11.9. The van der Waals surface area contributed by atoms with E-state index in [0.29, 0.717) is 17.3 Å². The van der Waals surface area contributed by atoms with Crippen molar-refractivity contribution in [1.29, 1.82) is 0 Å². The van der Waals surface area contributed by atoms with E-state index >= 15 is 0 Å². The van der Waals surface area contributed by atoms with Gasteiger partial charge in [0.15, 0.2) is 0 Å². The molecule has 0 spiro atoms. The molecular weight excluding hydrogens is 280 g/mol. The Morgan fingerprint density at radius 1 is 0.864 bits per heavy atom. The summed E-state index contributed by atoms with van der Waals surface area (Å²) in [6.07, 6.45) is 1.27. The predicted molar refractivity (Wildman–Crippen MR) is 105 cm³/mol. The fourth-order valence-electron chi connectivity index (χ4n) is 3.84. The van der Waals surface area contributed by atoms with E-state index in [1.165, 1.54) is 24.6 Å². The summed E-state index contributed by atoms with van der Waals surface area (Å²) in [6.45, 7) is 19.0. The van der Waals surface area contributed by atoms with Crippen molar-refractivity contribution in [1.82, 2.24) is 0 Å². The molecule has 0 heterocycles. The number of hydrogen-bond acceptors (Lipinski definition) is 0. The fourth-order valence-corrected chi connectivity index (χ4v) is 7.44. The van der Waals surface area contributed by atoms with Crippen molar-refractivity contribution in [3.05, 3.63) is 29.8 Å². The van der Waals surface area contributed by atoms with Crippen molar-refractivity contribution in [2.75, 3.05) is 0 Å². The van der Waals surface area contributed by atoms with Gasteiger partial charge in [-0.3, -0.25) is 0 Å². The van der Waals surface area contributed by atoms with Crippen molar-refractivity contribution in [3.8, 4) is 0 Å². The van der Waals surface area contributed by atoms with Crippen LogP contribution >= 0.6 is 0 Å². The van der Waals surface area contributed by atoms with Crippen LogP contribution in [0, 0.1) is 11.3 Å². The molecule has 0 aliphatic carbocycles. The second kappa shape index (κ2) is 7.81. The van der Waals surface area contributed by atoms with Gasteiger partial charge in [0.1, 0.15) is 0 Å². The highest BCUT2D eigenvalue weighted by Gasteiger charge is 2.29. The summed E-state index contributed by atoms with van der Waals surface area (Å²) in [7, 11) is -1.23. The zero-order valence-corrected chi connectivity index (χ0v) is 17.3. The van der Waals surface area contributed by atoms with Gasteiger partial charge in [0, 0.05) is 0 Å². The average molecular weight is 319 g/mol. The van der Waals surface area contributed by atoms with Crippen LogP contribution in [0.2, 0.25) is 18.1 Å². The first kappa shape index (κ1) is 19.5. The molecule has 0 radical (unpaired) electrons. The van der Waals surface area contributed by atoms with Gasteiger partial charge in [0.2, 0.25) is 0 Å². The molecule has 0 aliphatic rings. The molecule has 0 amide bonds. The Kier molecular flexibility index (Phi) is 6.92. The maximum absolute atomic E-state index is 2.47. The van der Waals surface area contributed by atoms with E-state index in [4.69, 9.17) is 0 Å². The van der Waals surface area contributed by atoms with E-state index in [0.717, 1.165) is 0 Å². The summed E-state index contributed by atoms with van der Waals surface area (Å²) in [5.41, 5.74) is 1.93. The highest BCUT2D eigenvalue weighted by Crippen LogP contribution is 2.36. The monoisotopic (exact) mass is 318 g/mol. The summed E-state index contributed by atoms with van der Waals surface area (Å²) in [5, 5.41) is 1.67. The molecule has 0 aliphatic heterocycles. The molecule has 0 aromatic heterocycles. The third kappa shape index (κ3) is 4.71. The molecule has 1 aromatic carbocycles. The molecule has 0 bridgehead atoms. The van der Waals surface area contributed by atoms with Crippen LogP contribution in [0.1, 0.15) is 73.3 Å². The summed E-state index contributed by atoms with van der Waals surface area (Å²) in [6, 6.07) is 13.9. The highest BCUT2D eigenvalue weighted by atomic mass is 28.3. The topological polar surface area (TPSA) is 0 Å². The molecule has 0 nitrogen and oxygen atoms in total. The molecule has 0 saturated heterocycles. The summed E-state index contributed by atoms with van der Waals surface area (Å²) in [4.78, 5) is 0. The van der Waals surface area contributed by atoms with E-state index in [-0.39, 0.29) is 0 Å². The maximum Gasteiger partial charge on any atom is 0.0859 e. The minimum atomic E-state index is -1.23. The minimum absolute atomic E-state index is 0.391. The van der Waals surface area contributed by atoms with Crippen LogP contribution in [0.25, 0.3) is 0 Å². The van der Waals surface area contributed by atoms with Crippen molar-refractivity contribution in [3.63, 3.8) is 0 Å². The lowest BCUT2D eigenvalue weighted by Gasteiger charge is -2.31. The quantitative estimate of drug-likeness (QED) is 0.498. The molecule has 1 unspecified atom stereocenters. The van der Waals surface area contributed by atoms with Crippen LogP contribution in [-0.2, 0) is 0 Å². The van der Waals surface area contributed by atoms with E-state index < -0.39 is 8.07 Å². The molecule has 1 rings (SSSR count). The zero-order valence-electron chi connectivity index (χ0n) is 16.3. The first-order valence-electron chi connectivity index (χ1n) is 9.29. The van der Waals surface area contributed by atoms with Crippen molar-refractivity contribution < 1.29 is 0 Å². The number of hydrogen-bond donors (Lipinski definition) is 0. The second-order valence-corrected chi connectivity index (χ2v) is 13.8. The van der Waals surface area contributed by atoms with Crippen molar-refractivity contribution in [2.24, 2.45) is 11.3 Å². The van der Waals surface area contributed by atoms with Gasteiger partial charge >= 0.3 is 0 Å². The van der Waals surface area contributed by atoms with Crippen LogP contribution in [0.15, 0.2) is 24.3 Å². The van der Waals surface area contributed by atoms with Gasteiger partial charge in [-0.1, -0.05) is 103 Å². The van der Waals surface area contributed by atoms with Gasteiger partial charge in [0.25, 0.3) is 0 Å². The lowest BCUT2D eigenvalue weighted by molar-refractivity contribution is 0.301. The molecule has 1 heteroatoms. The van der Waals surface area contributed by atoms with Crippen LogP contribution in [0.3, 0.4) is 0 Å². The largest absolute Gasteiger partial charge is 0.0859 e. The summed E-state index contributed by atoms with van der Waals surface area (Å²) >= 11 is 0. The Morgan fingerprint density at radius 2 is 1.32 bits per heavy atom. The molecule has 22 heavy (non-hydrogen) atoms. The van der Waals surface area contributed by atoms with Crippen molar-refractivity contribution in [2.45, 2.75) is 85.9 Å². The van der Waals surface area contributed by atoms with Crippen molar-refractivity contribution >= 4 is 13.3 Å². The molecule has 0 N–H and O–H groups in total. The SMILES string of the molecule is CC[Si](CC)(CC)c1ccc(C(CC(C)(C)C)C(C)C)cc1. The van der Waals surface area contributed by atoms with Gasteiger partial charge in [-0.15, -0.1) is 0 Å². The summed E-state index contributed by atoms with van der Waals surface area (Å²) < 4.78 is 0.